The maximum atomic E-state index is 13.9. The summed E-state index contributed by atoms with van der Waals surface area (Å²) >= 11 is 0. The number of phenols is 1. The quantitative estimate of drug-likeness (QED) is 0.528. The molecule has 1 N–H and O–H groups in total. The first kappa shape index (κ1) is 25.3. The predicted octanol–water partition coefficient (Wildman–Crippen LogP) is 6.63. The van der Waals surface area contributed by atoms with Crippen molar-refractivity contribution in [2.75, 3.05) is 6.54 Å². The fourth-order valence-electron chi connectivity index (χ4n) is 8.08. The van der Waals surface area contributed by atoms with E-state index in [0.29, 0.717) is 24.1 Å². The van der Waals surface area contributed by atoms with Gasteiger partial charge in [0, 0.05) is 17.4 Å². The smallest absolute Gasteiger partial charge is 0.226 e. The van der Waals surface area contributed by atoms with Gasteiger partial charge in [-0.3, -0.25) is 9.59 Å². The first-order chi connectivity index (χ1) is 16.2. The molecular weight excluding hydrogens is 422 g/mol. The lowest BCUT2D eigenvalue weighted by atomic mass is 9.53. The van der Waals surface area contributed by atoms with Gasteiger partial charge in [0.15, 0.2) is 5.78 Å². The highest BCUT2D eigenvalue weighted by Gasteiger charge is 2.56. The van der Waals surface area contributed by atoms with Crippen LogP contribution in [0.15, 0.2) is 18.2 Å². The number of aryl methyl sites for hydroxylation is 1. The number of aromatic hydroxyl groups is 1. The molecule has 4 nitrogen and oxygen atoms in total. The van der Waals surface area contributed by atoms with Gasteiger partial charge < -0.3 is 10.0 Å². The highest BCUT2D eigenvalue weighted by molar-refractivity contribution is 5.94. The van der Waals surface area contributed by atoms with Crippen molar-refractivity contribution in [3.05, 3.63) is 29.3 Å². The molecule has 0 radical (unpaired) electrons. The minimum atomic E-state index is -0.441. The standard InChI is InChI=1S/C30H45NO3/c1-6-23(20(3)25-17-19(2)14-15-26(25)32)24-13-10-16-30(5)27(33)18-31(22-11-8-7-9-12-22)29(34)21(4)28(24)30/h14-15,17,20-24,28,32H,6-13,16,18H2,1-5H3. The van der Waals surface area contributed by atoms with E-state index in [9.17, 15) is 14.7 Å². The number of phenolic OH excluding ortho intramolecular Hbond substituents is 1. The summed E-state index contributed by atoms with van der Waals surface area (Å²) in [4.78, 5) is 29.8. The predicted molar refractivity (Wildman–Crippen MR) is 137 cm³/mol. The SMILES string of the molecule is CCC(C(C)c1cc(C)ccc1O)C1CCCC2(C)C(=O)CN(C3CCCCC3)C(=O)C(C)C12. The fourth-order valence-corrected chi connectivity index (χ4v) is 8.08. The zero-order valence-corrected chi connectivity index (χ0v) is 22.0. The van der Waals surface area contributed by atoms with E-state index in [0.717, 1.165) is 62.5 Å². The number of Topliss-reactive ketones (excluding diaryl/α,β-unsaturated/α-hetero) is 1. The summed E-state index contributed by atoms with van der Waals surface area (Å²) in [6.07, 6.45) is 9.62. The molecule has 0 aromatic heterocycles. The maximum Gasteiger partial charge on any atom is 0.226 e. The highest BCUT2D eigenvalue weighted by Crippen LogP contribution is 2.55. The van der Waals surface area contributed by atoms with Gasteiger partial charge in [-0.1, -0.05) is 77.5 Å². The van der Waals surface area contributed by atoms with Gasteiger partial charge in [0.05, 0.1) is 6.54 Å². The van der Waals surface area contributed by atoms with Gasteiger partial charge in [-0.25, -0.2) is 0 Å². The van der Waals surface area contributed by atoms with E-state index in [1.165, 1.54) is 6.42 Å². The maximum absolute atomic E-state index is 13.9. The monoisotopic (exact) mass is 467 g/mol. The van der Waals surface area contributed by atoms with E-state index in [4.69, 9.17) is 0 Å². The van der Waals surface area contributed by atoms with Crippen molar-refractivity contribution in [1.82, 2.24) is 4.90 Å². The van der Waals surface area contributed by atoms with Crippen LogP contribution in [0.1, 0.15) is 103 Å². The second kappa shape index (κ2) is 10.0. The first-order valence-corrected chi connectivity index (χ1v) is 13.8. The minimum Gasteiger partial charge on any atom is -0.508 e. The Kier molecular flexibility index (Phi) is 7.45. The van der Waals surface area contributed by atoms with Crippen molar-refractivity contribution in [3.63, 3.8) is 0 Å². The van der Waals surface area contributed by atoms with Gasteiger partial charge in [-0.05, 0) is 67.9 Å². The molecule has 6 unspecified atom stereocenters. The average Bonchev–Trinajstić information content (AvgIpc) is 2.90. The van der Waals surface area contributed by atoms with Crippen molar-refractivity contribution in [1.29, 1.82) is 0 Å². The largest absolute Gasteiger partial charge is 0.508 e. The minimum absolute atomic E-state index is 0.0641. The number of carbonyl (C=O) groups excluding carboxylic acids is 2. The molecular formula is C30H45NO3. The Labute approximate surface area is 206 Å². The number of benzene rings is 1. The van der Waals surface area contributed by atoms with Crippen molar-refractivity contribution < 1.29 is 14.7 Å². The Balaban J connectivity index is 1.69. The van der Waals surface area contributed by atoms with Crippen LogP contribution in [0.4, 0.5) is 0 Å². The van der Waals surface area contributed by atoms with Gasteiger partial charge in [-0.2, -0.15) is 0 Å². The van der Waals surface area contributed by atoms with Gasteiger partial charge in [0.2, 0.25) is 5.91 Å². The van der Waals surface area contributed by atoms with Crippen LogP contribution in [0.2, 0.25) is 0 Å². The highest BCUT2D eigenvalue weighted by atomic mass is 16.3. The number of hydrogen-bond acceptors (Lipinski definition) is 3. The summed E-state index contributed by atoms with van der Waals surface area (Å²) in [6.45, 7) is 11.1. The number of fused-ring (bicyclic) bond motifs is 1. The number of likely N-dealkylation sites (tertiary alicyclic amines) is 1. The second-order valence-corrected chi connectivity index (χ2v) is 11.9. The fraction of sp³-hybridized carbons (Fsp3) is 0.733. The molecule has 2 aliphatic carbocycles. The average molecular weight is 468 g/mol. The Hall–Kier alpha value is -1.84. The molecule has 1 aliphatic heterocycles. The van der Waals surface area contributed by atoms with E-state index in [1.807, 2.05) is 17.0 Å². The zero-order valence-electron chi connectivity index (χ0n) is 22.0. The summed E-state index contributed by atoms with van der Waals surface area (Å²) in [5, 5.41) is 10.7. The van der Waals surface area contributed by atoms with E-state index in [-0.39, 0.29) is 35.5 Å². The molecule has 3 fully saturated rings. The molecule has 1 heterocycles. The number of nitrogens with zero attached hydrogens (tertiary/aromatic N) is 1. The Morgan fingerprint density at radius 3 is 2.50 bits per heavy atom. The van der Waals surface area contributed by atoms with Crippen LogP contribution in [-0.2, 0) is 9.59 Å². The number of amides is 1. The summed E-state index contributed by atoms with van der Waals surface area (Å²) in [6, 6.07) is 6.11. The molecule has 1 aromatic rings. The van der Waals surface area contributed by atoms with Crippen LogP contribution >= 0.6 is 0 Å². The molecule has 2 saturated carbocycles. The lowest BCUT2D eigenvalue weighted by molar-refractivity contribution is -0.141. The molecule has 0 spiro atoms. The van der Waals surface area contributed by atoms with Crippen molar-refractivity contribution in [3.8, 4) is 5.75 Å². The normalized spacial score (nSPS) is 32.7. The molecule has 4 heteroatoms. The molecule has 188 valence electrons. The van der Waals surface area contributed by atoms with Crippen molar-refractivity contribution in [2.24, 2.45) is 29.1 Å². The number of carbonyl (C=O) groups is 2. The van der Waals surface area contributed by atoms with Crippen LogP contribution < -0.4 is 0 Å². The molecule has 0 bridgehead atoms. The Morgan fingerprint density at radius 2 is 1.82 bits per heavy atom. The Morgan fingerprint density at radius 1 is 1.12 bits per heavy atom. The van der Waals surface area contributed by atoms with Crippen LogP contribution in [0, 0.1) is 36.0 Å². The van der Waals surface area contributed by atoms with E-state index in [2.05, 4.69) is 40.7 Å². The van der Waals surface area contributed by atoms with E-state index >= 15 is 0 Å². The molecule has 1 aromatic carbocycles. The lowest BCUT2D eigenvalue weighted by Crippen LogP contribution is -2.48. The number of rotatable bonds is 5. The second-order valence-electron chi connectivity index (χ2n) is 11.9. The van der Waals surface area contributed by atoms with Crippen LogP contribution in [0.25, 0.3) is 0 Å². The molecule has 3 aliphatic rings. The summed E-state index contributed by atoms with van der Waals surface area (Å²) in [7, 11) is 0. The molecule has 6 atom stereocenters. The lowest BCUT2D eigenvalue weighted by Gasteiger charge is -2.50. The van der Waals surface area contributed by atoms with Gasteiger partial charge in [0.25, 0.3) is 0 Å². The third kappa shape index (κ3) is 4.42. The van der Waals surface area contributed by atoms with Crippen LogP contribution in [0.5, 0.6) is 5.75 Å². The Bertz CT molecular complexity index is 904. The molecule has 34 heavy (non-hydrogen) atoms. The van der Waals surface area contributed by atoms with Crippen molar-refractivity contribution in [2.45, 2.75) is 104 Å². The van der Waals surface area contributed by atoms with Gasteiger partial charge >= 0.3 is 0 Å². The van der Waals surface area contributed by atoms with Crippen molar-refractivity contribution >= 4 is 11.7 Å². The van der Waals surface area contributed by atoms with Gasteiger partial charge in [-0.15, -0.1) is 0 Å². The number of ketones is 1. The zero-order chi connectivity index (χ0) is 24.6. The summed E-state index contributed by atoms with van der Waals surface area (Å²) in [5.41, 5.74) is 1.71. The van der Waals surface area contributed by atoms with E-state index < -0.39 is 5.41 Å². The topological polar surface area (TPSA) is 57.6 Å². The molecule has 4 rings (SSSR count). The summed E-state index contributed by atoms with van der Waals surface area (Å²) < 4.78 is 0. The van der Waals surface area contributed by atoms with Crippen LogP contribution in [-0.4, -0.2) is 34.3 Å². The third-order valence-electron chi connectivity index (χ3n) is 9.95. The molecule has 1 amide bonds. The van der Waals surface area contributed by atoms with Crippen LogP contribution in [0.3, 0.4) is 0 Å². The first-order valence-electron chi connectivity index (χ1n) is 13.8. The third-order valence-corrected chi connectivity index (χ3v) is 9.95. The summed E-state index contributed by atoms with van der Waals surface area (Å²) in [5.74, 6) is 1.57. The molecule has 1 saturated heterocycles. The van der Waals surface area contributed by atoms with E-state index in [1.54, 1.807) is 0 Å². The van der Waals surface area contributed by atoms with Gasteiger partial charge in [0.1, 0.15) is 5.75 Å². The number of hydrogen-bond donors (Lipinski definition) is 1.